The molecule has 0 heterocycles. The van der Waals surface area contributed by atoms with Gasteiger partial charge in [-0.15, -0.1) is 0 Å². The number of hydrogen-bond donors (Lipinski definition) is 1. The molecule has 0 spiro atoms. The second-order valence-corrected chi connectivity index (χ2v) is 13.0. The van der Waals surface area contributed by atoms with Crippen LogP contribution in [-0.2, 0) is 32.6 Å². The fourth-order valence-electron chi connectivity index (χ4n) is 4.80. The van der Waals surface area contributed by atoms with Crippen molar-refractivity contribution in [1.29, 1.82) is 0 Å². The number of carbonyl (C=O) groups excluding carboxylic acids is 2. The highest BCUT2D eigenvalue weighted by Crippen LogP contribution is 2.25. The van der Waals surface area contributed by atoms with E-state index in [2.05, 4.69) is 5.32 Å². The van der Waals surface area contributed by atoms with Crippen LogP contribution >= 0.6 is 0 Å². The Hall–Kier alpha value is -4.50. The van der Waals surface area contributed by atoms with Gasteiger partial charge in [-0.1, -0.05) is 86.6 Å². The Bertz CT molecular complexity index is 1650. The summed E-state index contributed by atoms with van der Waals surface area (Å²) in [6.45, 7) is 5.85. The molecule has 0 bridgehead atoms. The van der Waals surface area contributed by atoms with Crippen molar-refractivity contribution >= 4 is 27.5 Å². The number of sulfonamides is 1. The molecule has 0 aliphatic rings. The first-order valence-electron chi connectivity index (χ1n) is 14.5. The molecular weight excluding hydrogens is 577 g/mol. The highest BCUT2D eigenvalue weighted by Gasteiger charge is 2.34. The topological polar surface area (TPSA) is 86.8 Å². The quantitative estimate of drug-likeness (QED) is 0.208. The zero-order valence-corrected chi connectivity index (χ0v) is 26.0. The largest absolute Gasteiger partial charge is 0.354 e. The molecule has 0 aromatic heterocycles. The molecule has 9 heteroatoms. The molecule has 0 radical (unpaired) electrons. The first-order chi connectivity index (χ1) is 21.1. The number of halogens is 1. The van der Waals surface area contributed by atoms with E-state index in [4.69, 9.17) is 0 Å². The smallest absolute Gasteiger partial charge is 0.264 e. The predicted octanol–water partition coefficient (Wildman–Crippen LogP) is 5.74. The SMILES string of the molecule is Cc1ccccc1CN(C(=O)CN(c1ccccc1)S(=O)(=O)c1ccc(F)cc1)[C@@H](Cc1ccccc1)C(=O)NCC(C)C. The van der Waals surface area contributed by atoms with Gasteiger partial charge in [-0.2, -0.15) is 0 Å². The summed E-state index contributed by atoms with van der Waals surface area (Å²) in [6.07, 6.45) is 0.235. The van der Waals surface area contributed by atoms with E-state index < -0.39 is 34.3 Å². The van der Waals surface area contributed by atoms with Crippen molar-refractivity contribution in [2.45, 2.75) is 44.7 Å². The van der Waals surface area contributed by atoms with Crippen molar-refractivity contribution in [3.05, 3.63) is 132 Å². The number of nitrogens with one attached hydrogen (secondary N) is 1. The predicted molar refractivity (Wildman–Crippen MR) is 171 cm³/mol. The van der Waals surface area contributed by atoms with Crippen molar-refractivity contribution in [1.82, 2.24) is 10.2 Å². The van der Waals surface area contributed by atoms with Gasteiger partial charge in [-0.05, 0) is 65.9 Å². The number of hydrogen-bond acceptors (Lipinski definition) is 4. The lowest BCUT2D eigenvalue weighted by Gasteiger charge is -2.34. The zero-order chi connectivity index (χ0) is 31.7. The van der Waals surface area contributed by atoms with E-state index in [9.17, 15) is 22.4 Å². The molecular formula is C35H38FN3O4S. The Morgan fingerprint density at radius 2 is 1.41 bits per heavy atom. The van der Waals surface area contributed by atoms with Gasteiger partial charge in [0, 0.05) is 19.5 Å². The number of para-hydroxylation sites is 1. The molecule has 230 valence electrons. The number of carbonyl (C=O) groups is 2. The van der Waals surface area contributed by atoms with Gasteiger partial charge in [0.05, 0.1) is 10.6 Å². The van der Waals surface area contributed by atoms with Crippen LogP contribution in [0.4, 0.5) is 10.1 Å². The Morgan fingerprint density at radius 3 is 2.02 bits per heavy atom. The van der Waals surface area contributed by atoms with Crippen LogP contribution in [0.5, 0.6) is 0 Å². The molecule has 0 aliphatic heterocycles. The summed E-state index contributed by atoms with van der Waals surface area (Å²) >= 11 is 0. The molecule has 0 saturated carbocycles. The summed E-state index contributed by atoms with van der Waals surface area (Å²) in [4.78, 5) is 29.6. The third-order valence-electron chi connectivity index (χ3n) is 7.28. The molecule has 4 aromatic carbocycles. The Morgan fingerprint density at radius 1 is 0.818 bits per heavy atom. The average Bonchev–Trinajstić information content (AvgIpc) is 3.02. The van der Waals surface area contributed by atoms with Crippen molar-refractivity contribution in [3.63, 3.8) is 0 Å². The normalized spacial score (nSPS) is 12.0. The summed E-state index contributed by atoms with van der Waals surface area (Å²) in [7, 11) is -4.29. The van der Waals surface area contributed by atoms with Crippen LogP contribution in [0.2, 0.25) is 0 Å². The number of nitrogens with zero attached hydrogens (tertiary/aromatic N) is 2. The fourth-order valence-corrected chi connectivity index (χ4v) is 6.22. The van der Waals surface area contributed by atoms with Crippen molar-refractivity contribution < 1.29 is 22.4 Å². The molecule has 0 fully saturated rings. The monoisotopic (exact) mass is 615 g/mol. The Labute approximate surface area is 259 Å². The third-order valence-corrected chi connectivity index (χ3v) is 9.07. The maximum absolute atomic E-state index is 14.4. The van der Waals surface area contributed by atoms with Gasteiger partial charge in [0.2, 0.25) is 11.8 Å². The minimum absolute atomic E-state index is 0.0946. The Kier molecular flexibility index (Phi) is 10.9. The molecule has 4 rings (SSSR count). The highest BCUT2D eigenvalue weighted by atomic mass is 32.2. The van der Waals surface area contributed by atoms with Gasteiger partial charge in [-0.3, -0.25) is 13.9 Å². The van der Waals surface area contributed by atoms with E-state index in [0.29, 0.717) is 6.54 Å². The number of anilines is 1. The van der Waals surface area contributed by atoms with E-state index in [0.717, 1.165) is 33.1 Å². The van der Waals surface area contributed by atoms with Gasteiger partial charge < -0.3 is 10.2 Å². The Balaban J connectivity index is 1.79. The van der Waals surface area contributed by atoms with Gasteiger partial charge in [-0.25, -0.2) is 12.8 Å². The molecule has 1 atom stereocenters. The van der Waals surface area contributed by atoms with Crippen molar-refractivity contribution in [3.8, 4) is 0 Å². The van der Waals surface area contributed by atoms with Crippen LogP contribution in [0.15, 0.2) is 114 Å². The summed E-state index contributed by atoms with van der Waals surface area (Å²) < 4.78 is 42.6. The standard InChI is InChI=1S/C35H38FN3O4S/c1-26(2)23-37-35(41)33(22-28-13-6-4-7-14-28)38(24-29-15-11-10-12-27(29)3)34(40)25-39(31-16-8-5-9-17-31)44(42,43)32-20-18-30(36)19-21-32/h4-21,26,33H,22-25H2,1-3H3,(H,37,41)/t33-/m0/s1. The number of aryl methyl sites for hydroxylation is 1. The summed E-state index contributed by atoms with van der Waals surface area (Å²) in [5, 5.41) is 2.98. The van der Waals surface area contributed by atoms with E-state index in [1.54, 1.807) is 30.3 Å². The highest BCUT2D eigenvalue weighted by molar-refractivity contribution is 7.92. The lowest BCUT2D eigenvalue weighted by atomic mass is 10.0. The maximum atomic E-state index is 14.4. The van der Waals surface area contributed by atoms with E-state index >= 15 is 0 Å². The molecule has 0 aliphatic carbocycles. The third kappa shape index (κ3) is 8.32. The first-order valence-corrected chi connectivity index (χ1v) is 16.0. The van der Waals surface area contributed by atoms with Crippen LogP contribution in [-0.4, -0.2) is 44.3 Å². The van der Waals surface area contributed by atoms with Gasteiger partial charge >= 0.3 is 0 Å². The number of benzene rings is 4. The van der Waals surface area contributed by atoms with Crippen molar-refractivity contribution in [2.24, 2.45) is 5.92 Å². The lowest BCUT2D eigenvalue weighted by Crippen LogP contribution is -2.53. The summed E-state index contributed by atoms with van der Waals surface area (Å²) in [6, 6.07) is 28.9. The van der Waals surface area contributed by atoms with E-state index in [1.165, 1.54) is 17.0 Å². The number of amides is 2. The van der Waals surface area contributed by atoms with Crippen LogP contribution in [0.1, 0.15) is 30.5 Å². The molecule has 0 saturated heterocycles. The van der Waals surface area contributed by atoms with Crippen LogP contribution in [0.3, 0.4) is 0 Å². The zero-order valence-electron chi connectivity index (χ0n) is 25.2. The van der Waals surface area contributed by atoms with Gasteiger partial charge in [0.15, 0.2) is 0 Å². The number of rotatable bonds is 13. The molecule has 2 amide bonds. The van der Waals surface area contributed by atoms with Crippen LogP contribution in [0, 0.1) is 18.7 Å². The van der Waals surface area contributed by atoms with Crippen LogP contribution in [0.25, 0.3) is 0 Å². The molecule has 44 heavy (non-hydrogen) atoms. The summed E-state index contributed by atoms with van der Waals surface area (Å²) in [5.41, 5.74) is 2.90. The minimum atomic E-state index is -4.29. The first kappa shape index (κ1) is 32.4. The molecule has 4 aromatic rings. The fraction of sp³-hybridized carbons (Fsp3) is 0.257. The second-order valence-electron chi connectivity index (χ2n) is 11.1. The van der Waals surface area contributed by atoms with E-state index in [-0.39, 0.29) is 35.4 Å². The van der Waals surface area contributed by atoms with E-state index in [1.807, 2.05) is 75.4 Å². The molecule has 7 nitrogen and oxygen atoms in total. The van der Waals surface area contributed by atoms with Gasteiger partial charge in [0.1, 0.15) is 18.4 Å². The van der Waals surface area contributed by atoms with Crippen molar-refractivity contribution in [2.75, 3.05) is 17.4 Å². The maximum Gasteiger partial charge on any atom is 0.264 e. The molecule has 1 N–H and O–H groups in total. The van der Waals surface area contributed by atoms with Gasteiger partial charge in [0.25, 0.3) is 10.0 Å². The average molecular weight is 616 g/mol. The molecule has 0 unspecified atom stereocenters. The lowest BCUT2D eigenvalue weighted by molar-refractivity contribution is -0.140. The van der Waals surface area contributed by atoms with Crippen LogP contribution < -0.4 is 9.62 Å². The summed E-state index contributed by atoms with van der Waals surface area (Å²) in [5.74, 6) is -1.27. The minimum Gasteiger partial charge on any atom is -0.354 e. The second kappa shape index (κ2) is 14.8.